The van der Waals surface area contributed by atoms with Crippen LogP contribution in [0.25, 0.3) is 0 Å². The van der Waals surface area contributed by atoms with Gasteiger partial charge in [0, 0.05) is 0 Å². The van der Waals surface area contributed by atoms with Gasteiger partial charge >= 0.3 is 0 Å². The molecule has 0 aliphatic heterocycles. The quantitative estimate of drug-likeness (QED) is 0.338. The van der Waals surface area contributed by atoms with Gasteiger partial charge in [-0.1, -0.05) is 19.9 Å². The maximum atomic E-state index is 10.3. The van der Waals surface area contributed by atoms with Crippen molar-refractivity contribution in [2.45, 2.75) is 26.2 Å². The Morgan fingerprint density at radius 1 is 1.67 bits per heavy atom. The van der Waals surface area contributed by atoms with E-state index in [1.165, 1.54) is 6.08 Å². The summed E-state index contributed by atoms with van der Waals surface area (Å²) in [7, 11) is 0. The van der Waals surface area contributed by atoms with Gasteiger partial charge in [0.05, 0.1) is 6.26 Å². The molecule has 0 rings (SSSR count). The molecule has 3 heteroatoms. The lowest BCUT2D eigenvalue weighted by Gasteiger charge is -2.05. The van der Waals surface area contributed by atoms with Gasteiger partial charge in [-0.2, -0.15) is 0 Å². The molecule has 0 spiro atoms. The maximum Gasteiger partial charge on any atom is 0.145 e. The number of carbonyl (C=O) groups is 1. The Balaban J connectivity index is 3.99. The van der Waals surface area contributed by atoms with E-state index in [0.29, 0.717) is 6.42 Å². The van der Waals surface area contributed by atoms with Crippen LogP contribution in [0.4, 0.5) is 0 Å². The molecule has 0 aromatic carbocycles. The Morgan fingerprint density at radius 2 is 2.33 bits per heavy atom. The van der Waals surface area contributed by atoms with Crippen LogP contribution in [0, 0.1) is 0 Å². The summed E-state index contributed by atoms with van der Waals surface area (Å²) < 4.78 is 4.61. The first kappa shape index (κ1) is 10.8. The molecule has 0 aliphatic rings. The molecule has 0 unspecified atom stereocenters. The minimum absolute atomic E-state index is 0.154. The summed E-state index contributed by atoms with van der Waals surface area (Å²) in [5, 5.41) is 10.3. The Bertz CT molecular complexity index is 182. The monoisotopic (exact) mass is 169 g/mol. The Kier molecular flexibility index (Phi) is 5.79. The zero-order chi connectivity index (χ0) is 9.40. The molecule has 12 heavy (non-hydrogen) atoms. The van der Waals surface area contributed by atoms with Gasteiger partial charge in [0.1, 0.15) is 11.7 Å². The molecular formula is C9H13O3-. The number of unbranched alkanes of at least 4 members (excludes halogenated alkanes) is 2. The van der Waals surface area contributed by atoms with E-state index in [0.717, 1.165) is 19.1 Å². The first-order chi connectivity index (χ1) is 5.72. The molecule has 0 saturated heterocycles. The van der Waals surface area contributed by atoms with Crippen LogP contribution in [0.1, 0.15) is 26.2 Å². The van der Waals surface area contributed by atoms with E-state index in [1.54, 1.807) is 0 Å². The van der Waals surface area contributed by atoms with Crippen LogP contribution in [-0.4, -0.2) is 5.97 Å². The van der Waals surface area contributed by atoms with Crippen molar-refractivity contribution in [3.63, 3.8) is 0 Å². The number of carboxylic acids is 1. The highest BCUT2D eigenvalue weighted by Crippen LogP contribution is 2.02. The Morgan fingerprint density at radius 3 is 2.75 bits per heavy atom. The smallest absolute Gasteiger partial charge is 0.145 e. The van der Waals surface area contributed by atoms with Gasteiger partial charge in [0.25, 0.3) is 0 Å². The van der Waals surface area contributed by atoms with E-state index in [1.807, 2.05) is 6.92 Å². The topological polar surface area (TPSA) is 49.4 Å². The summed E-state index contributed by atoms with van der Waals surface area (Å²) in [5.74, 6) is -1.45. The second-order valence-corrected chi connectivity index (χ2v) is 2.28. The van der Waals surface area contributed by atoms with Crippen molar-refractivity contribution in [2.75, 3.05) is 0 Å². The summed E-state index contributed by atoms with van der Waals surface area (Å²) in [5.41, 5.74) is 0. The van der Waals surface area contributed by atoms with Crippen molar-refractivity contribution in [2.24, 2.45) is 0 Å². The van der Waals surface area contributed by atoms with E-state index in [2.05, 4.69) is 11.3 Å². The minimum atomic E-state index is -1.30. The number of rotatable bonds is 6. The van der Waals surface area contributed by atoms with Gasteiger partial charge in [0.2, 0.25) is 0 Å². The van der Waals surface area contributed by atoms with Crippen molar-refractivity contribution >= 4 is 5.97 Å². The predicted octanol–water partition coefficient (Wildman–Crippen LogP) is 0.970. The summed E-state index contributed by atoms with van der Waals surface area (Å²) in [6.45, 7) is 5.29. The highest BCUT2D eigenvalue weighted by Gasteiger charge is 1.95. The van der Waals surface area contributed by atoms with Crippen molar-refractivity contribution < 1.29 is 14.6 Å². The lowest BCUT2D eigenvalue weighted by atomic mass is 10.2. The van der Waals surface area contributed by atoms with Crippen LogP contribution in [0.2, 0.25) is 0 Å². The number of hydrogen-bond acceptors (Lipinski definition) is 3. The normalized spacial score (nSPS) is 10.9. The fourth-order valence-corrected chi connectivity index (χ4v) is 0.707. The fraction of sp³-hybridized carbons (Fsp3) is 0.444. The third kappa shape index (κ3) is 4.55. The third-order valence-electron chi connectivity index (χ3n) is 1.30. The maximum absolute atomic E-state index is 10.3. The SMILES string of the molecule is C=CO/C(=C\CCCC)C(=O)[O-]. The first-order valence-corrected chi connectivity index (χ1v) is 3.91. The van der Waals surface area contributed by atoms with E-state index in [9.17, 15) is 9.90 Å². The van der Waals surface area contributed by atoms with Gasteiger partial charge in [0.15, 0.2) is 0 Å². The highest BCUT2D eigenvalue weighted by atomic mass is 16.5. The van der Waals surface area contributed by atoms with Crippen molar-refractivity contribution in [1.82, 2.24) is 0 Å². The van der Waals surface area contributed by atoms with Crippen molar-refractivity contribution in [3.05, 3.63) is 24.7 Å². The minimum Gasteiger partial charge on any atom is -0.542 e. The number of hydrogen-bond donors (Lipinski definition) is 0. The molecule has 0 aliphatic carbocycles. The third-order valence-corrected chi connectivity index (χ3v) is 1.30. The Labute approximate surface area is 72.3 Å². The molecule has 0 amide bonds. The lowest BCUT2D eigenvalue weighted by molar-refractivity contribution is -0.302. The van der Waals surface area contributed by atoms with Crippen LogP contribution < -0.4 is 5.11 Å². The standard InChI is InChI=1S/C9H14O3/c1-3-5-6-7-8(9(10)11)12-4-2/h4,7H,2-3,5-6H2,1H3,(H,10,11)/p-1/b8-7-. The average molecular weight is 169 g/mol. The molecule has 0 N–H and O–H groups in total. The summed E-state index contributed by atoms with van der Waals surface area (Å²) in [6.07, 6.45) is 5.23. The second-order valence-electron chi connectivity index (χ2n) is 2.28. The first-order valence-electron chi connectivity index (χ1n) is 3.91. The van der Waals surface area contributed by atoms with Gasteiger partial charge in [-0.3, -0.25) is 0 Å². The molecule has 0 aromatic rings. The zero-order valence-electron chi connectivity index (χ0n) is 7.21. The summed E-state index contributed by atoms with van der Waals surface area (Å²) in [6, 6.07) is 0. The molecule has 0 heterocycles. The number of aliphatic carboxylic acids is 1. The molecule has 0 bridgehead atoms. The van der Waals surface area contributed by atoms with Crippen molar-refractivity contribution in [3.8, 4) is 0 Å². The van der Waals surface area contributed by atoms with Crippen LogP contribution in [0.3, 0.4) is 0 Å². The van der Waals surface area contributed by atoms with Crippen LogP contribution in [-0.2, 0) is 9.53 Å². The van der Waals surface area contributed by atoms with E-state index in [4.69, 9.17) is 0 Å². The molecule has 0 aromatic heterocycles. The van der Waals surface area contributed by atoms with E-state index in [-0.39, 0.29) is 5.76 Å². The number of allylic oxidation sites excluding steroid dienone is 1. The van der Waals surface area contributed by atoms with E-state index < -0.39 is 5.97 Å². The molecule has 3 nitrogen and oxygen atoms in total. The molecule has 0 atom stereocenters. The predicted molar refractivity (Wildman–Crippen MR) is 43.9 cm³/mol. The number of ether oxygens (including phenoxy) is 1. The van der Waals surface area contributed by atoms with Crippen LogP contribution in [0.15, 0.2) is 24.7 Å². The molecule has 0 fully saturated rings. The zero-order valence-corrected chi connectivity index (χ0v) is 7.21. The molecule has 0 saturated carbocycles. The summed E-state index contributed by atoms with van der Waals surface area (Å²) in [4.78, 5) is 10.3. The van der Waals surface area contributed by atoms with E-state index >= 15 is 0 Å². The fourth-order valence-electron chi connectivity index (χ4n) is 0.707. The van der Waals surface area contributed by atoms with Gasteiger partial charge < -0.3 is 14.6 Å². The lowest BCUT2D eigenvalue weighted by Crippen LogP contribution is -2.25. The number of carboxylic acid groups (broad SMARTS) is 1. The molecular weight excluding hydrogens is 156 g/mol. The van der Waals surface area contributed by atoms with Gasteiger partial charge in [-0.05, 0) is 18.9 Å². The Hall–Kier alpha value is -1.25. The second kappa shape index (κ2) is 6.46. The largest absolute Gasteiger partial charge is 0.542 e. The van der Waals surface area contributed by atoms with Crippen LogP contribution >= 0.6 is 0 Å². The summed E-state index contributed by atoms with van der Waals surface area (Å²) >= 11 is 0. The molecule has 68 valence electrons. The number of carbonyl (C=O) groups excluding carboxylic acids is 1. The average Bonchev–Trinajstić information content (AvgIpc) is 2.03. The van der Waals surface area contributed by atoms with Crippen LogP contribution in [0.5, 0.6) is 0 Å². The highest BCUT2D eigenvalue weighted by molar-refractivity contribution is 5.82. The van der Waals surface area contributed by atoms with Gasteiger partial charge in [-0.25, -0.2) is 0 Å². The molecule has 0 radical (unpaired) electrons. The van der Waals surface area contributed by atoms with Crippen molar-refractivity contribution in [1.29, 1.82) is 0 Å². The van der Waals surface area contributed by atoms with Gasteiger partial charge in [-0.15, -0.1) is 0 Å².